The maximum atomic E-state index is 5.95. The minimum absolute atomic E-state index is 0. The van der Waals surface area contributed by atoms with E-state index >= 15 is 0 Å². The molecule has 1 fully saturated rings. The Hall–Kier alpha value is -1.26. The largest absolute Gasteiger partial charge is 0.457 e. The summed E-state index contributed by atoms with van der Waals surface area (Å²) in [5.41, 5.74) is 7.24. The van der Waals surface area contributed by atoms with Crippen molar-refractivity contribution < 1.29 is 4.74 Å². The Morgan fingerprint density at radius 3 is 2.26 bits per heavy atom. The molecule has 126 valence electrons. The number of hydrogen-bond donors (Lipinski definition) is 1. The SMILES string of the molecule is Cl.Cl.NC1CCN(Cc2cccc(Oc3ccccc3)c2)CC1. The normalized spacial score (nSPS) is 15.3. The second-order valence-corrected chi connectivity index (χ2v) is 5.68. The Morgan fingerprint density at radius 1 is 0.913 bits per heavy atom. The Bertz CT molecular complexity index is 572. The van der Waals surface area contributed by atoms with Crippen molar-refractivity contribution in [3.63, 3.8) is 0 Å². The molecule has 5 heteroatoms. The lowest BCUT2D eigenvalue weighted by Crippen LogP contribution is -2.39. The first-order valence-corrected chi connectivity index (χ1v) is 7.59. The van der Waals surface area contributed by atoms with E-state index in [0.717, 1.165) is 44.0 Å². The van der Waals surface area contributed by atoms with Crippen LogP contribution in [-0.2, 0) is 6.54 Å². The average Bonchev–Trinajstić information content (AvgIpc) is 2.51. The van der Waals surface area contributed by atoms with Crippen molar-refractivity contribution in [2.45, 2.75) is 25.4 Å². The van der Waals surface area contributed by atoms with Gasteiger partial charge in [0.15, 0.2) is 0 Å². The van der Waals surface area contributed by atoms with Crippen molar-refractivity contribution >= 4 is 24.8 Å². The maximum absolute atomic E-state index is 5.95. The van der Waals surface area contributed by atoms with Gasteiger partial charge in [0.2, 0.25) is 0 Å². The zero-order valence-corrected chi connectivity index (χ0v) is 14.7. The number of likely N-dealkylation sites (tertiary alicyclic amines) is 1. The van der Waals surface area contributed by atoms with E-state index in [1.165, 1.54) is 5.56 Å². The third-order valence-electron chi connectivity index (χ3n) is 3.92. The topological polar surface area (TPSA) is 38.5 Å². The molecule has 0 aliphatic carbocycles. The molecule has 1 saturated heterocycles. The van der Waals surface area contributed by atoms with E-state index < -0.39 is 0 Å². The number of halogens is 2. The van der Waals surface area contributed by atoms with Gasteiger partial charge in [-0.3, -0.25) is 4.90 Å². The van der Waals surface area contributed by atoms with Gasteiger partial charge in [-0.05, 0) is 55.8 Å². The predicted octanol–water partition coefficient (Wildman–Crippen LogP) is 4.25. The van der Waals surface area contributed by atoms with Crippen LogP contribution in [-0.4, -0.2) is 24.0 Å². The molecule has 0 aromatic heterocycles. The number of rotatable bonds is 4. The van der Waals surface area contributed by atoms with Crippen LogP contribution in [0.4, 0.5) is 0 Å². The zero-order chi connectivity index (χ0) is 14.5. The van der Waals surface area contributed by atoms with Gasteiger partial charge in [0.05, 0.1) is 0 Å². The van der Waals surface area contributed by atoms with Crippen LogP contribution in [0.2, 0.25) is 0 Å². The third-order valence-corrected chi connectivity index (χ3v) is 3.92. The number of benzene rings is 2. The fourth-order valence-electron chi connectivity index (χ4n) is 2.70. The second kappa shape index (κ2) is 9.78. The zero-order valence-electron chi connectivity index (χ0n) is 13.1. The molecule has 1 aliphatic heterocycles. The Kier molecular flexibility index (Phi) is 8.42. The number of hydrogen-bond acceptors (Lipinski definition) is 3. The summed E-state index contributed by atoms with van der Waals surface area (Å²) >= 11 is 0. The first-order valence-electron chi connectivity index (χ1n) is 7.59. The van der Waals surface area contributed by atoms with Crippen LogP contribution in [0.25, 0.3) is 0 Å². The monoisotopic (exact) mass is 354 g/mol. The molecule has 3 nitrogen and oxygen atoms in total. The van der Waals surface area contributed by atoms with Crippen molar-refractivity contribution in [3.05, 3.63) is 60.2 Å². The molecule has 0 saturated carbocycles. The molecule has 2 aromatic carbocycles. The minimum atomic E-state index is 0. The molecule has 3 rings (SSSR count). The van der Waals surface area contributed by atoms with E-state index in [4.69, 9.17) is 10.5 Å². The van der Waals surface area contributed by atoms with E-state index in [0.29, 0.717) is 6.04 Å². The van der Waals surface area contributed by atoms with E-state index in [9.17, 15) is 0 Å². The summed E-state index contributed by atoms with van der Waals surface area (Å²) in [7, 11) is 0. The molecule has 0 amide bonds. The lowest BCUT2D eigenvalue weighted by Gasteiger charge is -2.30. The summed E-state index contributed by atoms with van der Waals surface area (Å²) < 4.78 is 5.89. The smallest absolute Gasteiger partial charge is 0.127 e. The molecular formula is C18H24Cl2N2O. The first-order chi connectivity index (χ1) is 10.3. The molecule has 2 aromatic rings. The molecule has 0 spiro atoms. The van der Waals surface area contributed by atoms with Crippen molar-refractivity contribution in [2.24, 2.45) is 5.73 Å². The molecule has 23 heavy (non-hydrogen) atoms. The van der Waals surface area contributed by atoms with Crippen LogP contribution in [0.1, 0.15) is 18.4 Å². The molecular weight excluding hydrogens is 331 g/mol. The predicted molar refractivity (Wildman–Crippen MR) is 99.9 cm³/mol. The van der Waals surface area contributed by atoms with Crippen molar-refractivity contribution in [1.29, 1.82) is 0 Å². The Morgan fingerprint density at radius 2 is 1.57 bits per heavy atom. The summed E-state index contributed by atoms with van der Waals surface area (Å²) in [5.74, 6) is 1.77. The average molecular weight is 355 g/mol. The fraction of sp³-hybridized carbons (Fsp3) is 0.333. The van der Waals surface area contributed by atoms with Crippen molar-refractivity contribution in [3.8, 4) is 11.5 Å². The number of nitrogens with zero attached hydrogens (tertiary/aromatic N) is 1. The van der Waals surface area contributed by atoms with E-state index in [2.05, 4.69) is 23.1 Å². The summed E-state index contributed by atoms with van der Waals surface area (Å²) in [4.78, 5) is 2.46. The highest BCUT2D eigenvalue weighted by molar-refractivity contribution is 5.85. The highest BCUT2D eigenvalue weighted by Crippen LogP contribution is 2.23. The Balaban J connectivity index is 0.00000132. The lowest BCUT2D eigenvalue weighted by molar-refractivity contribution is 0.205. The molecule has 1 heterocycles. The van der Waals surface area contributed by atoms with Gasteiger partial charge in [0.1, 0.15) is 11.5 Å². The van der Waals surface area contributed by atoms with Gasteiger partial charge in [-0.2, -0.15) is 0 Å². The van der Waals surface area contributed by atoms with Crippen LogP contribution < -0.4 is 10.5 Å². The molecule has 2 N–H and O–H groups in total. The van der Waals surface area contributed by atoms with Gasteiger partial charge >= 0.3 is 0 Å². The van der Waals surface area contributed by atoms with Gasteiger partial charge in [-0.25, -0.2) is 0 Å². The lowest BCUT2D eigenvalue weighted by atomic mass is 10.1. The summed E-state index contributed by atoms with van der Waals surface area (Å²) in [6.45, 7) is 3.15. The molecule has 0 atom stereocenters. The summed E-state index contributed by atoms with van der Waals surface area (Å²) in [6.07, 6.45) is 2.19. The maximum Gasteiger partial charge on any atom is 0.127 e. The van der Waals surface area contributed by atoms with Crippen LogP contribution in [0, 0.1) is 0 Å². The van der Waals surface area contributed by atoms with Crippen LogP contribution in [0.15, 0.2) is 54.6 Å². The quantitative estimate of drug-likeness (QED) is 0.891. The number of ether oxygens (including phenoxy) is 1. The van der Waals surface area contributed by atoms with E-state index in [-0.39, 0.29) is 24.8 Å². The van der Waals surface area contributed by atoms with Gasteiger partial charge < -0.3 is 10.5 Å². The standard InChI is InChI=1S/C18H22N2O.2ClH/c19-16-9-11-20(12-10-16)14-15-5-4-8-18(13-15)21-17-6-2-1-3-7-17;;/h1-8,13,16H,9-12,14,19H2;2*1H. The first kappa shape index (κ1) is 19.8. The highest BCUT2D eigenvalue weighted by Gasteiger charge is 2.16. The number of piperidine rings is 1. The number of para-hydroxylation sites is 1. The molecule has 1 aliphatic rings. The summed E-state index contributed by atoms with van der Waals surface area (Å²) in [5, 5.41) is 0. The van der Waals surface area contributed by atoms with Gasteiger partial charge in [0.25, 0.3) is 0 Å². The second-order valence-electron chi connectivity index (χ2n) is 5.68. The van der Waals surface area contributed by atoms with E-state index in [1.54, 1.807) is 0 Å². The fourth-order valence-corrected chi connectivity index (χ4v) is 2.70. The van der Waals surface area contributed by atoms with Crippen LogP contribution >= 0.6 is 24.8 Å². The van der Waals surface area contributed by atoms with Gasteiger partial charge in [0, 0.05) is 12.6 Å². The van der Waals surface area contributed by atoms with E-state index in [1.807, 2.05) is 36.4 Å². The Labute approximate surface area is 150 Å². The van der Waals surface area contributed by atoms with Crippen LogP contribution in [0.3, 0.4) is 0 Å². The number of nitrogens with two attached hydrogens (primary N) is 1. The van der Waals surface area contributed by atoms with Crippen molar-refractivity contribution in [1.82, 2.24) is 4.90 Å². The molecule has 0 bridgehead atoms. The highest BCUT2D eigenvalue weighted by atomic mass is 35.5. The molecule has 0 unspecified atom stereocenters. The minimum Gasteiger partial charge on any atom is -0.457 e. The van der Waals surface area contributed by atoms with Crippen molar-refractivity contribution in [2.75, 3.05) is 13.1 Å². The molecule has 0 radical (unpaired) electrons. The van der Waals surface area contributed by atoms with Crippen LogP contribution in [0.5, 0.6) is 11.5 Å². The van der Waals surface area contributed by atoms with Gasteiger partial charge in [-0.15, -0.1) is 24.8 Å². The summed E-state index contributed by atoms with van der Waals surface area (Å²) in [6, 6.07) is 18.6. The van der Waals surface area contributed by atoms with Gasteiger partial charge in [-0.1, -0.05) is 30.3 Å². The third kappa shape index (κ3) is 6.04.